The van der Waals surface area contributed by atoms with Gasteiger partial charge in [0.25, 0.3) is 5.56 Å². The summed E-state index contributed by atoms with van der Waals surface area (Å²) in [5, 5.41) is 0.274. The fraction of sp³-hybridized carbons (Fsp3) is 0.265. The van der Waals surface area contributed by atoms with Crippen LogP contribution in [-0.4, -0.2) is 37.5 Å². The maximum Gasteiger partial charge on any atom is 0.337 e. The minimum absolute atomic E-state index is 0.150. The van der Waals surface area contributed by atoms with Crippen LogP contribution in [0.1, 0.15) is 43.5 Å². The fourth-order valence-electron chi connectivity index (χ4n) is 4.95. The number of fused-ring (bicyclic) bond motifs is 1. The highest BCUT2D eigenvalue weighted by atomic mass is 35.5. The first-order valence-electron chi connectivity index (χ1n) is 14.6. The SMILES string of the molecule is CCOc1ccc([C@H]2C(C(=O)OC)=CN=c3s/c(=C\c4cc(Cl)c(OCc5ccc(F)cc5)c(OCC)c4)c(=O)n32)cc1OCC. The van der Waals surface area contributed by atoms with Crippen molar-refractivity contribution in [2.75, 3.05) is 26.9 Å². The van der Waals surface area contributed by atoms with Gasteiger partial charge in [0.05, 0.1) is 48.1 Å². The Morgan fingerprint density at radius 2 is 1.65 bits per heavy atom. The summed E-state index contributed by atoms with van der Waals surface area (Å²) in [5.74, 6) is 0.809. The van der Waals surface area contributed by atoms with Gasteiger partial charge in [-0.2, -0.15) is 0 Å². The maximum absolute atomic E-state index is 14.0. The zero-order chi connectivity index (χ0) is 32.8. The van der Waals surface area contributed by atoms with Crippen LogP contribution in [0.2, 0.25) is 5.02 Å². The molecule has 240 valence electrons. The Morgan fingerprint density at radius 3 is 2.35 bits per heavy atom. The van der Waals surface area contributed by atoms with Gasteiger partial charge >= 0.3 is 5.97 Å². The molecule has 0 radical (unpaired) electrons. The standard InChI is InChI=1S/C34H32ClFN2O7S/c1-5-42-26-13-10-22(17-27(26)43-6-2)30-24(33(40)41-4)18-37-34-38(30)32(39)29(46-34)16-21-14-25(35)31(28(15-21)44-7-3)45-19-20-8-11-23(36)12-9-20/h8-18,30H,5-7,19H2,1-4H3/b29-16-/t30-/m0/s1. The molecular weight excluding hydrogens is 635 g/mol. The Hall–Kier alpha value is -4.61. The van der Waals surface area contributed by atoms with Crippen molar-refractivity contribution in [1.29, 1.82) is 0 Å². The van der Waals surface area contributed by atoms with Crippen LogP contribution in [-0.2, 0) is 16.1 Å². The predicted molar refractivity (Wildman–Crippen MR) is 173 cm³/mol. The molecule has 5 rings (SSSR count). The van der Waals surface area contributed by atoms with Crippen LogP contribution in [0.3, 0.4) is 0 Å². The number of rotatable bonds is 12. The fourth-order valence-corrected chi connectivity index (χ4v) is 6.19. The number of thiazole rings is 1. The molecule has 1 aliphatic heterocycles. The molecule has 12 heteroatoms. The van der Waals surface area contributed by atoms with Crippen molar-refractivity contribution in [3.63, 3.8) is 0 Å². The van der Waals surface area contributed by atoms with E-state index in [1.807, 2.05) is 20.8 Å². The lowest BCUT2D eigenvalue weighted by molar-refractivity contribution is -0.136. The van der Waals surface area contributed by atoms with Gasteiger partial charge in [0.15, 0.2) is 27.8 Å². The van der Waals surface area contributed by atoms with E-state index in [0.29, 0.717) is 63.3 Å². The molecule has 0 aliphatic carbocycles. The smallest absolute Gasteiger partial charge is 0.337 e. The van der Waals surface area contributed by atoms with Crippen molar-refractivity contribution >= 4 is 35.0 Å². The third kappa shape index (κ3) is 6.95. The van der Waals surface area contributed by atoms with Crippen molar-refractivity contribution in [3.8, 4) is 23.0 Å². The predicted octanol–water partition coefficient (Wildman–Crippen LogP) is 5.59. The highest BCUT2D eigenvalue weighted by molar-refractivity contribution is 7.07. The number of methoxy groups -OCH3 is 1. The third-order valence-corrected chi connectivity index (χ3v) is 8.21. The van der Waals surface area contributed by atoms with Crippen molar-refractivity contribution in [3.05, 3.63) is 114 Å². The van der Waals surface area contributed by atoms with E-state index in [1.54, 1.807) is 48.5 Å². The molecule has 0 saturated heterocycles. The molecule has 1 aliphatic rings. The zero-order valence-electron chi connectivity index (χ0n) is 25.7. The number of ether oxygens (including phenoxy) is 5. The van der Waals surface area contributed by atoms with Crippen LogP contribution in [0.4, 0.5) is 4.39 Å². The van der Waals surface area contributed by atoms with Crippen LogP contribution < -0.4 is 33.8 Å². The van der Waals surface area contributed by atoms with Crippen LogP contribution in [0.25, 0.3) is 6.08 Å². The summed E-state index contributed by atoms with van der Waals surface area (Å²) >= 11 is 7.82. The highest BCUT2D eigenvalue weighted by Crippen LogP contribution is 2.38. The van der Waals surface area contributed by atoms with E-state index in [0.717, 1.165) is 5.56 Å². The van der Waals surface area contributed by atoms with E-state index < -0.39 is 12.0 Å². The van der Waals surface area contributed by atoms with E-state index in [1.165, 1.54) is 41.3 Å². The van der Waals surface area contributed by atoms with Gasteiger partial charge < -0.3 is 23.7 Å². The van der Waals surface area contributed by atoms with Crippen molar-refractivity contribution in [2.45, 2.75) is 33.4 Å². The number of carbonyl (C=O) groups is 1. The summed E-state index contributed by atoms with van der Waals surface area (Å²) < 4.78 is 43.5. The second kappa shape index (κ2) is 14.7. The normalized spacial score (nSPS) is 14.2. The summed E-state index contributed by atoms with van der Waals surface area (Å²) in [6, 6.07) is 13.8. The van der Waals surface area contributed by atoms with E-state index in [-0.39, 0.29) is 28.6 Å². The highest BCUT2D eigenvalue weighted by Gasteiger charge is 2.31. The molecular formula is C34H32ClFN2O7S. The Kier molecular flexibility index (Phi) is 10.4. The van der Waals surface area contributed by atoms with Gasteiger partial charge in [-0.3, -0.25) is 9.36 Å². The average Bonchev–Trinajstić information content (AvgIpc) is 3.36. The number of benzene rings is 3. The number of hydrogen-bond acceptors (Lipinski definition) is 9. The zero-order valence-corrected chi connectivity index (χ0v) is 27.2. The van der Waals surface area contributed by atoms with Crippen molar-refractivity contribution in [2.24, 2.45) is 4.99 Å². The van der Waals surface area contributed by atoms with Gasteiger partial charge in [0.2, 0.25) is 0 Å². The molecule has 0 saturated carbocycles. The lowest BCUT2D eigenvalue weighted by Crippen LogP contribution is -2.39. The van der Waals surface area contributed by atoms with E-state index in [9.17, 15) is 14.0 Å². The Morgan fingerprint density at radius 1 is 0.957 bits per heavy atom. The minimum Gasteiger partial charge on any atom is -0.490 e. The molecule has 0 unspecified atom stereocenters. The number of nitrogens with zero attached hydrogens (tertiary/aromatic N) is 2. The van der Waals surface area contributed by atoms with Crippen LogP contribution >= 0.6 is 22.9 Å². The number of carbonyl (C=O) groups excluding carboxylic acids is 1. The number of aromatic nitrogens is 1. The summed E-state index contributed by atoms with van der Waals surface area (Å²) in [7, 11) is 1.28. The number of halogens is 2. The molecule has 9 nitrogen and oxygen atoms in total. The van der Waals surface area contributed by atoms with Gasteiger partial charge in [-0.25, -0.2) is 14.2 Å². The van der Waals surface area contributed by atoms with Gasteiger partial charge in [-0.05, 0) is 79.9 Å². The molecule has 0 spiro atoms. The molecule has 2 heterocycles. The van der Waals surface area contributed by atoms with Crippen LogP contribution in [0.15, 0.2) is 76.2 Å². The molecule has 0 amide bonds. The lowest BCUT2D eigenvalue weighted by Gasteiger charge is -2.23. The van der Waals surface area contributed by atoms with Gasteiger partial charge in [0.1, 0.15) is 12.4 Å². The van der Waals surface area contributed by atoms with Crippen LogP contribution in [0.5, 0.6) is 23.0 Å². The molecule has 0 N–H and O–H groups in total. The lowest BCUT2D eigenvalue weighted by atomic mass is 9.97. The topological polar surface area (TPSA) is 97.6 Å². The minimum atomic E-state index is -0.828. The summed E-state index contributed by atoms with van der Waals surface area (Å²) in [6.45, 7) is 6.90. The quantitative estimate of drug-likeness (QED) is 0.182. The summed E-state index contributed by atoms with van der Waals surface area (Å²) in [6.07, 6.45) is 3.12. The van der Waals surface area contributed by atoms with E-state index in [4.69, 9.17) is 35.3 Å². The molecule has 1 aromatic heterocycles. The molecule has 0 bridgehead atoms. The Labute approximate surface area is 273 Å². The van der Waals surface area contributed by atoms with E-state index in [2.05, 4.69) is 4.99 Å². The largest absolute Gasteiger partial charge is 0.490 e. The monoisotopic (exact) mass is 666 g/mol. The van der Waals surface area contributed by atoms with Crippen molar-refractivity contribution < 1.29 is 32.9 Å². The maximum atomic E-state index is 14.0. The molecule has 46 heavy (non-hydrogen) atoms. The first kappa shape index (κ1) is 32.8. The average molecular weight is 667 g/mol. The van der Waals surface area contributed by atoms with E-state index >= 15 is 0 Å². The first-order valence-corrected chi connectivity index (χ1v) is 15.8. The second-order valence-electron chi connectivity index (χ2n) is 9.93. The van der Waals surface area contributed by atoms with Crippen molar-refractivity contribution in [1.82, 2.24) is 4.57 Å². The van der Waals surface area contributed by atoms with Crippen LogP contribution in [0, 0.1) is 5.82 Å². The second-order valence-corrected chi connectivity index (χ2v) is 11.3. The third-order valence-electron chi connectivity index (χ3n) is 6.93. The number of hydrogen-bond donors (Lipinski definition) is 0. The Balaban J connectivity index is 1.57. The molecule has 3 aromatic carbocycles. The van der Waals surface area contributed by atoms with Gasteiger partial charge in [-0.1, -0.05) is 41.1 Å². The molecule has 4 aromatic rings. The number of esters is 1. The summed E-state index contributed by atoms with van der Waals surface area (Å²) in [5.41, 5.74) is 1.80. The first-order chi connectivity index (χ1) is 22.3. The Bertz CT molecular complexity index is 1950. The van der Waals surface area contributed by atoms with Gasteiger partial charge in [-0.15, -0.1) is 0 Å². The molecule has 0 fully saturated rings. The van der Waals surface area contributed by atoms with Gasteiger partial charge in [0, 0.05) is 6.20 Å². The summed E-state index contributed by atoms with van der Waals surface area (Å²) in [4.78, 5) is 31.7. The molecule has 1 atom stereocenters.